The van der Waals surface area contributed by atoms with Crippen LogP contribution in [-0.4, -0.2) is 110 Å². The Morgan fingerprint density at radius 2 is 1.53 bits per heavy atom. The molecule has 0 bridgehead atoms. The number of para-hydroxylation sites is 3. The van der Waals surface area contributed by atoms with Gasteiger partial charge in [0.15, 0.2) is 10.9 Å². The Kier molecular flexibility index (Phi) is 27.5. The molecule has 0 spiro atoms. The number of hydrogen-bond acceptors (Lipinski definition) is 15. The minimum Gasteiger partial charge on any atom is -0.489 e. The molecule has 7 rings (SSSR count). The van der Waals surface area contributed by atoms with Gasteiger partial charge in [-0.2, -0.15) is 28.1 Å². The number of aromatic nitrogens is 5. The maximum absolute atomic E-state index is 13.1. The number of methoxy groups -OCH3 is 2. The number of esters is 1. The number of hydrogen-bond donors (Lipinski definition) is 2. The summed E-state index contributed by atoms with van der Waals surface area (Å²) in [4.78, 5) is 75.0. The molecular formula is C60H74Cl4F3N9O10. The Labute approximate surface area is 519 Å². The summed E-state index contributed by atoms with van der Waals surface area (Å²) in [6.07, 6.45) is -4.03. The number of alkyl halides is 6. The SMILES string of the molecule is CC1COc2ccccc2N1C(=O)C(Cl)Cl.CCNc1nc(Cl)nc(NC(C)(C)C)n1.CCc1ccc(COc2ccc(-n3c(=O)cc(C(F)(F)F)n(C)c3=O)cc2)c(OC(C)C(=O)OC)c1.CCc1cccc(C)c1N(C(=O)CCl)C(C)COC. The van der Waals surface area contributed by atoms with E-state index in [0.29, 0.717) is 63.1 Å². The Bertz CT molecular complexity index is 3350. The first-order chi connectivity index (χ1) is 40.5. The van der Waals surface area contributed by atoms with Crippen molar-refractivity contribution < 1.29 is 51.2 Å². The average molecular weight is 1280 g/mol. The van der Waals surface area contributed by atoms with Crippen LogP contribution in [0.5, 0.6) is 17.2 Å². The quantitative estimate of drug-likeness (QED) is 0.0605. The van der Waals surface area contributed by atoms with Crippen molar-refractivity contribution in [2.75, 3.05) is 60.3 Å². The topological polar surface area (TPSA) is 211 Å². The summed E-state index contributed by atoms with van der Waals surface area (Å²) in [7, 11) is 3.86. The summed E-state index contributed by atoms with van der Waals surface area (Å²) in [5, 5.41) is 6.31. The van der Waals surface area contributed by atoms with Crippen molar-refractivity contribution >= 4 is 87.5 Å². The number of nitrogens with one attached hydrogen (secondary N) is 2. The molecule has 1 aliphatic rings. The molecule has 468 valence electrons. The molecule has 0 fully saturated rings. The summed E-state index contributed by atoms with van der Waals surface area (Å²) < 4.78 is 67.2. The highest BCUT2D eigenvalue weighted by Gasteiger charge is 2.35. The third-order valence-electron chi connectivity index (χ3n) is 12.6. The lowest BCUT2D eigenvalue weighted by Gasteiger charge is -2.35. The predicted molar refractivity (Wildman–Crippen MR) is 331 cm³/mol. The Hall–Kier alpha value is -7.11. The Morgan fingerprint density at radius 3 is 2.12 bits per heavy atom. The minimum atomic E-state index is -4.84. The van der Waals surface area contributed by atoms with E-state index in [4.69, 9.17) is 70.1 Å². The fourth-order valence-electron chi connectivity index (χ4n) is 8.48. The lowest BCUT2D eigenvalue weighted by atomic mass is 10.0. The standard InChI is InChI=1S/C25H25F3N2O6.C15H22ClNO2.C11H11Cl2NO2.C9H16ClN5/c1-5-16-6-7-17(20(12-16)36-15(2)23(32)34-4)14-35-19-10-8-18(9-11-19)30-22(31)13-21(25(26,27)28)29(3)24(30)33;1-5-13-8-6-7-11(2)15(13)17(14(18)9-16)12(3)10-19-4;1-7-6-16-9-5-3-2-4-8(9)14(7)11(15)10(12)13;1-5-11-7-12-6(10)13-8(14-7)15-9(2,3)4/h6-13,15H,5,14H2,1-4H3;6-8,12H,5,9-10H2,1-4H3;2-5,7,10H,6H2,1H3;5H2,1-4H3,(H2,11,12,13,14,15). The van der Waals surface area contributed by atoms with Gasteiger partial charge in [0.1, 0.15) is 42.0 Å². The number of carbonyl (C=O) groups is 3. The van der Waals surface area contributed by atoms with E-state index >= 15 is 0 Å². The van der Waals surface area contributed by atoms with Gasteiger partial charge in [-0.05, 0) is 139 Å². The molecule has 3 heterocycles. The molecule has 3 atom stereocenters. The van der Waals surface area contributed by atoms with Crippen LogP contribution >= 0.6 is 46.4 Å². The summed E-state index contributed by atoms with van der Waals surface area (Å²) in [6.45, 7) is 21.3. The normalized spacial score (nSPS) is 13.4. The van der Waals surface area contributed by atoms with Crippen molar-refractivity contribution in [1.29, 1.82) is 0 Å². The van der Waals surface area contributed by atoms with Crippen LogP contribution in [0.25, 0.3) is 5.69 Å². The molecule has 1 aliphatic heterocycles. The highest BCUT2D eigenvalue weighted by molar-refractivity contribution is 6.54. The zero-order chi connectivity index (χ0) is 64.2. The summed E-state index contributed by atoms with van der Waals surface area (Å²) in [6, 6.07) is 25.0. The molecule has 2 N–H and O–H groups in total. The molecule has 0 saturated carbocycles. The zero-order valence-electron chi connectivity index (χ0n) is 50.3. The molecule has 6 aromatic rings. The first-order valence-electron chi connectivity index (χ1n) is 27.3. The lowest BCUT2D eigenvalue weighted by Crippen LogP contribution is -2.47. The number of ether oxygens (including phenoxy) is 5. The fourth-order valence-corrected chi connectivity index (χ4v) is 8.98. The van der Waals surface area contributed by atoms with Gasteiger partial charge < -0.3 is 44.1 Å². The fraction of sp³-hybridized carbons (Fsp3) is 0.433. The van der Waals surface area contributed by atoms with Crippen LogP contribution in [0.15, 0.2) is 101 Å². The van der Waals surface area contributed by atoms with Crippen molar-refractivity contribution in [3.63, 3.8) is 0 Å². The number of anilines is 4. The minimum absolute atomic E-state index is 0.0223. The van der Waals surface area contributed by atoms with Gasteiger partial charge in [-0.15, -0.1) is 11.6 Å². The largest absolute Gasteiger partial charge is 0.489 e. The number of benzene rings is 4. The molecule has 86 heavy (non-hydrogen) atoms. The van der Waals surface area contributed by atoms with E-state index in [1.54, 1.807) is 23.8 Å². The molecule has 4 aromatic carbocycles. The number of amides is 2. The zero-order valence-corrected chi connectivity index (χ0v) is 53.3. The monoisotopic (exact) mass is 1280 g/mol. The van der Waals surface area contributed by atoms with Gasteiger partial charge in [0, 0.05) is 37.9 Å². The number of aryl methyl sites for hydroxylation is 3. The molecule has 26 heteroatoms. The van der Waals surface area contributed by atoms with Crippen molar-refractivity contribution in [3.05, 3.63) is 145 Å². The van der Waals surface area contributed by atoms with Gasteiger partial charge in [-0.1, -0.05) is 79.5 Å². The summed E-state index contributed by atoms with van der Waals surface area (Å²) in [5.41, 5.74) is 2.03. The van der Waals surface area contributed by atoms with E-state index in [2.05, 4.69) is 38.6 Å². The third kappa shape index (κ3) is 20.2. The number of nitrogens with zero attached hydrogens (tertiary/aromatic N) is 7. The highest BCUT2D eigenvalue weighted by atomic mass is 35.5. The van der Waals surface area contributed by atoms with Crippen molar-refractivity contribution in [3.8, 4) is 22.9 Å². The van der Waals surface area contributed by atoms with Gasteiger partial charge in [0.05, 0.1) is 42.9 Å². The second-order valence-corrected chi connectivity index (χ2v) is 22.0. The van der Waals surface area contributed by atoms with Gasteiger partial charge in [-0.3, -0.25) is 19.0 Å². The smallest absolute Gasteiger partial charge is 0.431 e. The summed E-state index contributed by atoms with van der Waals surface area (Å²) in [5.74, 6) is 1.55. The Balaban J connectivity index is 0.000000267. The van der Waals surface area contributed by atoms with Crippen molar-refractivity contribution in [2.24, 2.45) is 7.05 Å². The number of halogens is 7. The van der Waals surface area contributed by atoms with E-state index in [1.807, 2.05) is 110 Å². The number of carbonyl (C=O) groups excluding carboxylic acids is 3. The van der Waals surface area contributed by atoms with Crippen LogP contribution in [0.3, 0.4) is 0 Å². The van der Waals surface area contributed by atoms with E-state index in [9.17, 15) is 37.1 Å². The molecule has 0 aliphatic carbocycles. The second kappa shape index (κ2) is 33.1. The van der Waals surface area contributed by atoms with Crippen molar-refractivity contribution in [2.45, 2.75) is 123 Å². The molecule has 2 amide bonds. The van der Waals surface area contributed by atoms with Gasteiger partial charge >= 0.3 is 17.8 Å². The highest BCUT2D eigenvalue weighted by Crippen LogP contribution is 2.35. The van der Waals surface area contributed by atoms with Crippen LogP contribution in [0, 0.1) is 6.92 Å². The van der Waals surface area contributed by atoms with E-state index < -0.39 is 40.0 Å². The molecule has 0 radical (unpaired) electrons. The van der Waals surface area contributed by atoms with Crippen LogP contribution < -0.4 is 45.9 Å². The number of rotatable bonds is 18. The van der Waals surface area contributed by atoms with E-state index in [-0.39, 0.29) is 52.9 Å². The van der Waals surface area contributed by atoms with Crippen LogP contribution in [-0.2, 0) is 56.5 Å². The lowest BCUT2D eigenvalue weighted by molar-refractivity contribution is -0.148. The molecule has 2 aromatic heterocycles. The maximum atomic E-state index is 13.1. The molecule has 0 saturated heterocycles. The maximum Gasteiger partial charge on any atom is 0.431 e. The first kappa shape index (κ1) is 71.4. The van der Waals surface area contributed by atoms with Crippen LogP contribution in [0.1, 0.15) is 90.3 Å². The van der Waals surface area contributed by atoms with Crippen LogP contribution in [0.2, 0.25) is 5.28 Å². The van der Waals surface area contributed by atoms with Gasteiger partial charge in [0.2, 0.25) is 23.1 Å². The van der Waals surface area contributed by atoms with Gasteiger partial charge in [0.25, 0.3) is 11.5 Å². The Morgan fingerprint density at radius 1 is 0.872 bits per heavy atom. The second-order valence-electron chi connectivity index (χ2n) is 20.3. The van der Waals surface area contributed by atoms with E-state index in [1.165, 1.54) is 31.4 Å². The molecular weight excluding hydrogens is 1210 g/mol. The molecule has 19 nitrogen and oxygen atoms in total. The van der Waals surface area contributed by atoms with Crippen molar-refractivity contribution in [1.82, 2.24) is 24.1 Å². The first-order valence-corrected chi connectivity index (χ1v) is 29.0. The number of fused-ring (bicyclic) bond motifs is 1. The summed E-state index contributed by atoms with van der Waals surface area (Å²) >= 11 is 22.8. The van der Waals surface area contributed by atoms with Crippen LogP contribution in [0.4, 0.5) is 36.4 Å². The van der Waals surface area contributed by atoms with Gasteiger partial charge in [-0.25, -0.2) is 14.2 Å². The van der Waals surface area contributed by atoms with E-state index in [0.717, 1.165) is 54.5 Å². The average Bonchev–Trinajstić information content (AvgIpc) is 1.11. The molecule has 3 unspecified atom stereocenters. The third-order valence-corrected chi connectivity index (χ3v) is 13.3. The predicted octanol–water partition coefficient (Wildman–Crippen LogP) is 11.6.